The molecule has 1 aromatic rings. The Morgan fingerprint density at radius 2 is 2.00 bits per heavy atom. The highest BCUT2D eigenvalue weighted by molar-refractivity contribution is 6.32. The van der Waals surface area contributed by atoms with E-state index in [1.807, 2.05) is 0 Å². The van der Waals surface area contributed by atoms with Crippen molar-refractivity contribution in [1.29, 1.82) is 0 Å². The van der Waals surface area contributed by atoms with Crippen LogP contribution in [0, 0.1) is 5.92 Å². The van der Waals surface area contributed by atoms with E-state index in [0.717, 1.165) is 19.3 Å². The van der Waals surface area contributed by atoms with Crippen LogP contribution in [0.3, 0.4) is 0 Å². The molecule has 6 nitrogen and oxygen atoms in total. The molecular weight excluding hydrogens is 346 g/mol. The summed E-state index contributed by atoms with van der Waals surface area (Å²) in [4.78, 5) is 24.2. The minimum atomic E-state index is -0.620. The summed E-state index contributed by atoms with van der Waals surface area (Å²) in [6, 6.07) is 3.13. The fourth-order valence-corrected chi connectivity index (χ4v) is 3.49. The van der Waals surface area contributed by atoms with E-state index in [-0.39, 0.29) is 29.1 Å². The summed E-state index contributed by atoms with van der Waals surface area (Å²) in [6.07, 6.45) is 4.40. The molecule has 0 saturated heterocycles. The van der Waals surface area contributed by atoms with E-state index >= 15 is 0 Å². The molecule has 1 saturated carbocycles. The second kappa shape index (κ2) is 7.95. The van der Waals surface area contributed by atoms with Crippen molar-refractivity contribution in [2.24, 2.45) is 5.92 Å². The second-order valence-electron chi connectivity index (χ2n) is 6.49. The van der Waals surface area contributed by atoms with Gasteiger partial charge in [-0.2, -0.15) is 0 Å². The van der Waals surface area contributed by atoms with Gasteiger partial charge in [-0.15, -0.1) is 0 Å². The van der Waals surface area contributed by atoms with Gasteiger partial charge in [-0.05, 0) is 30.9 Å². The van der Waals surface area contributed by atoms with E-state index in [1.165, 1.54) is 18.6 Å². The minimum absolute atomic E-state index is 0.156. The van der Waals surface area contributed by atoms with E-state index in [0.29, 0.717) is 30.6 Å². The predicted molar refractivity (Wildman–Crippen MR) is 92.3 cm³/mol. The molecule has 0 radical (unpaired) electrons. The number of benzene rings is 1. The van der Waals surface area contributed by atoms with Gasteiger partial charge < -0.3 is 19.5 Å². The zero-order valence-electron chi connectivity index (χ0n) is 14.2. The van der Waals surface area contributed by atoms with Gasteiger partial charge in [0.2, 0.25) is 0 Å². The number of esters is 1. The standard InChI is InChI=1S/C18H22ClNO5/c1-11-4-2-3-5-14(11)20-16(21)10-25-18(22)12-8-13(19)17-15(9-12)23-6-7-24-17/h8-9,11,14H,2-7,10H2,1H3,(H,20,21). The lowest BCUT2D eigenvalue weighted by Crippen LogP contribution is -2.42. The summed E-state index contributed by atoms with van der Waals surface area (Å²) in [5.74, 6) is 0.381. The predicted octanol–water partition coefficient (Wildman–Crippen LogP) is 2.96. The van der Waals surface area contributed by atoms with Crippen LogP contribution in [0.2, 0.25) is 5.02 Å². The molecule has 1 N–H and O–H groups in total. The van der Waals surface area contributed by atoms with Gasteiger partial charge >= 0.3 is 5.97 Å². The second-order valence-corrected chi connectivity index (χ2v) is 6.90. The number of ether oxygens (including phenoxy) is 3. The molecule has 1 heterocycles. The molecule has 1 aromatic carbocycles. The Hall–Kier alpha value is -1.95. The van der Waals surface area contributed by atoms with Crippen LogP contribution in [0.25, 0.3) is 0 Å². The first-order chi connectivity index (χ1) is 12.0. The lowest BCUT2D eigenvalue weighted by molar-refractivity contribution is -0.125. The van der Waals surface area contributed by atoms with Crippen LogP contribution in [0.5, 0.6) is 11.5 Å². The quantitative estimate of drug-likeness (QED) is 0.828. The fourth-order valence-electron chi connectivity index (χ4n) is 3.22. The fraction of sp³-hybridized carbons (Fsp3) is 0.556. The minimum Gasteiger partial charge on any atom is -0.486 e. The monoisotopic (exact) mass is 367 g/mol. The molecule has 0 spiro atoms. The van der Waals surface area contributed by atoms with Gasteiger partial charge in [0.05, 0.1) is 10.6 Å². The van der Waals surface area contributed by atoms with Crippen molar-refractivity contribution >= 4 is 23.5 Å². The summed E-state index contributed by atoms with van der Waals surface area (Å²) < 4.78 is 16.0. The number of carbonyl (C=O) groups is 2. The molecule has 1 aliphatic carbocycles. The van der Waals surface area contributed by atoms with Gasteiger partial charge in [-0.3, -0.25) is 4.79 Å². The van der Waals surface area contributed by atoms with Crippen LogP contribution < -0.4 is 14.8 Å². The zero-order valence-corrected chi connectivity index (χ0v) is 14.9. The van der Waals surface area contributed by atoms with Crippen LogP contribution in [0.4, 0.5) is 0 Å². The highest BCUT2D eigenvalue weighted by atomic mass is 35.5. The van der Waals surface area contributed by atoms with Crippen molar-refractivity contribution < 1.29 is 23.8 Å². The number of rotatable bonds is 4. The van der Waals surface area contributed by atoms with Gasteiger partial charge in [0, 0.05) is 6.04 Å². The van der Waals surface area contributed by atoms with E-state index < -0.39 is 5.97 Å². The van der Waals surface area contributed by atoms with Crippen LogP contribution in [-0.2, 0) is 9.53 Å². The van der Waals surface area contributed by atoms with Crippen LogP contribution in [0.15, 0.2) is 12.1 Å². The number of halogens is 1. The van der Waals surface area contributed by atoms with Crippen molar-refractivity contribution in [1.82, 2.24) is 5.32 Å². The molecule has 1 fully saturated rings. The first kappa shape index (κ1) is 17.9. The average molecular weight is 368 g/mol. The molecule has 3 rings (SSSR count). The van der Waals surface area contributed by atoms with E-state index in [9.17, 15) is 9.59 Å². The topological polar surface area (TPSA) is 73.9 Å². The highest BCUT2D eigenvalue weighted by Gasteiger charge is 2.24. The Labute approximate surface area is 151 Å². The number of carbonyl (C=O) groups excluding carboxylic acids is 2. The number of hydrogen-bond donors (Lipinski definition) is 1. The Kier molecular flexibility index (Phi) is 5.68. The third kappa shape index (κ3) is 4.37. The Bertz CT molecular complexity index is 663. The van der Waals surface area contributed by atoms with Crippen molar-refractivity contribution in [3.05, 3.63) is 22.7 Å². The smallest absolute Gasteiger partial charge is 0.338 e. The molecule has 2 atom stereocenters. The van der Waals surface area contributed by atoms with Crippen molar-refractivity contribution in [3.8, 4) is 11.5 Å². The van der Waals surface area contributed by atoms with Crippen LogP contribution >= 0.6 is 11.6 Å². The third-order valence-corrected chi connectivity index (χ3v) is 4.91. The van der Waals surface area contributed by atoms with E-state index in [2.05, 4.69) is 12.2 Å². The average Bonchev–Trinajstić information content (AvgIpc) is 2.61. The molecule has 7 heteroatoms. The Morgan fingerprint density at radius 3 is 2.80 bits per heavy atom. The molecule has 1 amide bonds. The number of amides is 1. The lowest BCUT2D eigenvalue weighted by atomic mass is 9.86. The largest absolute Gasteiger partial charge is 0.486 e. The van der Waals surface area contributed by atoms with E-state index in [4.69, 9.17) is 25.8 Å². The SMILES string of the molecule is CC1CCCCC1NC(=O)COC(=O)c1cc(Cl)c2c(c1)OCCO2. The molecule has 2 unspecified atom stereocenters. The molecular formula is C18H22ClNO5. The molecule has 1 aliphatic heterocycles. The zero-order chi connectivity index (χ0) is 17.8. The third-order valence-electron chi connectivity index (χ3n) is 4.62. The van der Waals surface area contributed by atoms with Crippen LogP contribution in [0.1, 0.15) is 43.0 Å². The van der Waals surface area contributed by atoms with Crippen molar-refractivity contribution in [3.63, 3.8) is 0 Å². The first-order valence-electron chi connectivity index (χ1n) is 8.60. The molecule has 0 aromatic heterocycles. The van der Waals surface area contributed by atoms with Gasteiger partial charge in [-0.1, -0.05) is 31.4 Å². The normalized spacial score (nSPS) is 22.2. The van der Waals surface area contributed by atoms with Gasteiger partial charge in [-0.25, -0.2) is 4.79 Å². The van der Waals surface area contributed by atoms with E-state index in [1.54, 1.807) is 0 Å². The molecule has 136 valence electrons. The molecule has 0 bridgehead atoms. The molecule has 25 heavy (non-hydrogen) atoms. The van der Waals surface area contributed by atoms with Crippen molar-refractivity contribution in [2.45, 2.75) is 38.6 Å². The maximum Gasteiger partial charge on any atom is 0.338 e. The summed E-state index contributed by atoms with van der Waals surface area (Å²) in [5, 5.41) is 3.23. The lowest BCUT2D eigenvalue weighted by Gasteiger charge is -2.29. The van der Waals surface area contributed by atoms with Crippen molar-refractivity contribution in [2.75, 3.05) is 19.8 Å². The van der Waals surface area contributed by atoms with Gasteiger partial charge in [0.1, 0.15) is 13.2 Å². The maximum absolute atomic E-state index is 12.2. The number of fused-ring (bicyclic) bond motifs is 1. The summed E-state index contributed by atoms with van der Waals surface area (Å²) >= 11 is 6.11. The Balaban J connectivity index is 1.55. The Morgan fingerprint density at radius 1 is 1.24 bits per heavy atom. The number of nitrogens with one attached hydrogen (secondary N) is 1. The summed E-state index contributed by atoms with van der Waals surface area (Å²) in [6.45, 7) is 2.63. The highest BCUT2D eigenvalue weighted by Crippen LogP contribution is 2.38. The summed E-state index contributed by atoms with van der Waals surface area (Å²) in [7, 11) is 0. The van der Waals surface area contributed by atoms with Crippen LogP contribution in [-0.4, -0.2) is 37.7 Å². The first-order valence-corrected chi connectivity index (χ1v) is 8.98. The van der Waals surface area contributed by atoms with Gasteiger partial charge in [0.25, 0.3) is 5.91 Å². The summed E-state index contributed by atoms with van der Waals surface area (Å²) in [5.41, 5.74) is 0.230. The van der Waals surface area contributed by atoms with Gasteiger partial charge in [0.15, 0.2) is 18.1 Å². The molecule has 2 aliphatic rings. The maximum atomic E-state index is 12.2. The number of hydrogen-bond acceptors (Lipinski definition) is 5.